The van der Waals surface area contributed by atoms with E-state index >= 15 is 0 Å². The molecule has 0 aliphatic rings. The van der Waals surface area contributed by atoms with E-state index in [1.807, 2.05) is 6.92 Å². The van der Waals surface area contributed by atoms with Gasteiger partial charge >= 0.3 is 0 Å². The smallest absolute Gasteiger partial charge is 0.268 e. The minimum Gasteiger partial charge on any atom is -0.381 e. The molecular weight excluding hydrogens is 334 g/mol. The molecule has 0 atom stereocenters. The van der Waals surface area contributed by atoms with Crippen molar-refractivity contribution in [3.05, 3.63) is 29.0 Å². The second kappa shape index (κ2) is 5.17. The van der Waals surface area contributed by atoms with Gasteiger partial charge in [0.05, 0.1) is 4.47 Å². The van der Waals surface area contributed by atoms with Gasteiger partial charge in [-0.3, -0.25) is 9.40 Å². The Bertz CT molecular complexity index is 698. The summed E-state index contributed by atoms with van der Waals surface area (Å²) in [7, 11) is -3.81. The zero-order chi connectivity index (χ0) is 14.0. The predicted octanol–water partition coefficient (Wildman–Crippen LogP) is 1.44. The van der Waals surface area contributed by atoms with Gasteiger partial charge in [0.1, 0.15) is 4.90 Å². The van der Waals surface area contributed by atoms with Crippen LogP contribution in [0.5, 0.6) is 0 Å². The van der Waals surface area contributed by atoms with E-state index in [1.165, 1.54) is 17.1 Å². The number of halogens is 1. The highest BCUT2D eigenvalue weighted by atomic mass is 79.9. The van der Waals surface area contributed by atoms with Crippen LogP contribution in [0.4, 0.5) is 11.6 Å². The van der Waals surface area contributed by atoms with Crippen molar-refractivity contribution >= 4 is 37.6 Å². The van der Waals surface area contributed by atoms with Crippen molar-refractivity contribution in [2.24, 2.45) is 0 Å². The first-order valence-electron chi connectivity index (χ1n) is 5.40. The molecule has 2 aromatic rings. The quantitative estimate of drug-likeness (QED) is 0.872. The highest BCUT2D eigenvalue weighted by molar-refractivity contribution is 9.10. The SMILES string of the molecule is CCn1cc(S(=O)(=O)Nc2ncccc2Br)c(N)n1. The number of nitrogens with two attached hydrogens (primary N) is 1. The monoisotopic (exact) mass is 345 g/mol. The second-order valence-electron chi connectivity index (χ2n) is 3.67. The van der Waals surface area contributed by atoms with E-state index in [-0.39, 0.29) is 16.5 Å². The van der Waals surface area contributed by atoms with Crippen LogP contribution in [0.1, 0.15) is 6.92 Å². The Kier molecular flexibility index (Phi) is 3.76. The van der Waals surface area contributed by atoms with E-state index in [9.17, 15) is 8.42 Å². The zero-order valence-electron chi connectivity index (χ0n) is 10.0. The first-order chi connectivity index (χ1) is 8.94. The minimum atomic E-state index is -3.81. The van der Waals surface area contributed by atoms with Crippen molar-refractivity contribution in [2.75, 3.05) is 10.5 Å². The molecule has 0 saturated carbocycles. The van der Waals surface area contributed by atoms with E-state index in [4.69, 9.17) is 5.73 Å². The number of nitrogens with zero attached hydrogens (tertiary/aromatic N) is 3. The fourth-order valence-corrected chi connectivity index (χ4v) is 3.02. The molecule has 0 radical (unpaired) electrons. The Hall–Kier alpha value is -1.61. The second-order valence-corrected chi connectivity index (χ2v) is 6.18. The van der Waals surface area contributed by atoms with Gasteiger partial charge in [-0.1, -0.05) is 0 Å². The Morgan fingerprint density at radius 3 is 2.84 bits per heavy atom. The molecule has 3 N–H and O–H groups in total. The van der Waals surface area contributed by atoms with Crippen LogP contribution in [0.2, 0.25) is 0 Å². The third-order valence-corrected chi connectivity index (χ3v) is 4.35. The number of hydrogen-bond acceptors (Lipinski definition) is 5. The number of hydrogen-bond donors (Lipinski definition) is 2. The summed E-state index contributed by atoms with van der Waals surface area (Å²) in [5.41, 5.74) is 5.61. The Morgan fingerprint density at radius 1 is 1.53 bits per heavy atom. The molecule has 7 nitrogen and oxygen atoms in total. The summed E-state index contributed by atoms with van der Waals surface area (Å²) in [5, 5.41) is 3.90. The van der Waals surface area contributed by atoms with Crippen molar-refractivity contribution in [1.82, 2.24) is 14.8 Å². The molecule has 0 aromatic carbocycles. The van der Waals surface area contributed by atoms with Crippen molar-refractivity contribution < 1.29 is 8.42 Å². The molecule has 2 aromatic heterocycles. The molecule has 102 valence electrons. The fraction of sp³-hybridized carbons (Fsp3) is 0.200. The molecule has 0 aliphatic heterocycles. The number of nitrogen functional groups attached to an aromatic ring is 1. The van der Waals surface area contributed by atoms with Crippen LogP contribution in [0.3, 0.4) is 0 Å². The van der Waals surface area contributed by atoms with Gasteiger partial charge in [0.15, 0.2) is 11.6 Å². The van der Waals surface area contributed by atoms with E-state index in [1.54, 1.807) is 12.1 Å². The van der Waals surface area contributed by atoms with Gasteiger partial charge in [0.25, 0.3) is 10.0 Å². The lowest BCUT2D eigenvalue weighted by molar-refractivity contribution is 0.600. The van der Waals surface area contributed by atoms with Crippen molar-refractivity contribution in [3.8, 4) is 0 Å². The van der Waals surface area contributed by atoms with Crippen LogP contribution in [-0.4, -0.2) is 23.2 Å². The van der Waals surface area contributed by atoms with Crippen LogP contribution in [0.15, 0.2) is 33.9 Å². The van der Waals surface area contributed by atoms with Gasteiger partial charge in [0, 0.05) is 18.9 Å². The van der Waals surface area contributed by atoms with Crippen LogP contribution < -0.4 is 10.5 Å². The largest absolute Gasteiger partial charge is 0.381 e. The lowest BCUT2D eigenvalue weighted by Gasteiger charge is -2.07. The Balaban J connectivity index is 2.38. The maximum atomic E-state index is 12.2. The molecular formula is C10H12BrN5O2S. The van der Waals surface area contributed by atoms with Crippen molar-refractivity contribution in [1.29, 1.82) is 0 Å². The first kappa shape index (κ1) is 13.8. The topological polar surface area (TPSA) is 103 Å². The minimum absolute atomic E-state index is 0.0404. The zero-order valence-corrected chi connectivity index (χ0v) is 12.4. The highest BCUT2D eigenvalue weighted by Gasteiger charge is 2.22. The normalized spacial score (nSPS) is 11.5. The number of rotatable bonds is 4. The van der Waals surface area contributed by atoms with Gasteiger partial charge in [-0.25, -0.2) is 13.4 Å². The molecule has 0 spiro atoms. The summed E-state index contributed by atoms with van der Waals surface area (Å²) >= 11 is 3.22. The number of aryl methyl sites for hydroxylation is 1. The highest BCUT2D eigenvalue weighted by Crippen LogP contribution is 2.24. The molecule has 0 aliphatic carbocycles. The number of anilines is 2. The van der Waals surface area contributed by atoms with Crippen LogP contribution in [-0.2, 0) is 16.6 Å². The number of pyridine rings is 1. The summed E-state index contributed by atoms with van der Waals surface area (Å²) in [4.78, 5) is 3.88. The lowest BCUT2D eigenvalue weighted by atomic mass is 10.5. The van der Waals surface area contributed by atoms with Crippen LogP contribution >= 0.6 is 15.9 Å². The number of aromatic nitrogens is 3. The van der Waals surface area contributed by atoms with Crippen LogP contribution in [0.25, 0.3) is 0 Å². The average Bonchev–Trinajstić information content (AvgIpc) is 2.74. The molecule has 19 heavy (non-hydrogen) atoms. The lowest BCUT2D eigenvalue weighted by Crippen LogP contribution is -2.15. The Labute approximate surface area is 119 Å². The summed E-state index contributed by atoms with van der Waals surface area (Å²) in [6, 6.07) is 3.37. The van der Waals surface area contributed by atoms with Crippen molar-refractivity contribution in [3.63, 3.8) is 0 Å². The van der Waals surface area contributed by atoms with Gasteiger partial charge in [-0.05, 0) is 35.0 Å². The average molecular weight is 346 g/mol. The van der Waals surface area contributed by atoms with E-state index < -0.39 is 10.0 Å². The molecule has 0 fully saturated rings. The Morgan fingerprint density at radius 2 is 2.26 bits per heavy atom. The molecule has 9 heteroatoms. The van der Waals surface area contributed by atoms with Crippen LogP contribution in [0, 0.1) is 0 Å². The molecule has 0 amide bonds. The van der Waals surface area contributed by atoms with Gasteiger partial charge in [0.2, 0.25) is 0 Å². The summed E-state index contributed by atoms with van der Waals surface area (Å²) < 4.78 is 28.8. The third-order valence-electron chi connectivity index (χ3n) is 2.36. The number of nitrogens with one attached hydrogen (secondary N) is 1. The maximum Gasteiger partial charge on any atom is 0.268 e. The summed E-state index contributed by atoms with van der Waals surface area (Å²) in [6.45, 7) is 2.37. The molecule has 2 heterocycles. The molecule has 0 unspecified atom stereocenters. The fourth-order valence-electron chi connectivity index (χ4n) is 1.43. The summed E-state index contributed by atoms with van der Waals surface area (Å²) in [5.74, 6) is 0.160. The first-order valence-corrected chi connectivity index (χ1v) is 7.68. The number of sulfonamides is 1. The predicted molar refractivity (Wildman–Crippen MR) is 75.1 cm³/mol. The molecule has 2 rings (SSSR count). The molecule has 0 bridgehead atoms. The maximum absolute atomic E-state index is 12.2. The van der Waals surface area contributed by atoms with Gasteiger partial charge in [-0.15, -0.1) is 0 Å². The third kappa shape index (κ3) is 2.87. The standard InChI is InChI=1S/C10H12BrN5O2S/c1-2-16-6-8(9(12)14-16)19(17,18)15-10-7(11)4-3-5-13-10/h3-6H,2H2,1H3,(H2,12,14)(H,13,15). The van der Waals surface area contributed by atoms with E-state index in [0.29, 0.717) is 11.0 Å². The summed E-state index contributed by atoms with van der Waals surface area (Å²) in [6.07, 6.45) is 2.87. The van der Waals surface area contributed by atoms with E-state index in [2.05, 4.69) is 30.7 Å². The molecule has 0 saturated heterocycles. The van der Waals surface area contributed by atoms with Crippen molar-refractivity contribution in [2.45, 2.75) is 18.4 Å². The van der Waals surface area contributed by atoms with E-state index in [0.717, 1.165) is 0 Å². The van der Waals surface area contributed by atoms with Gasteiger partial charge in [-0.2, -0.15) is 5.10 Å². The van der Waals surface area contributed by atoms with Gasteiger partial charge < -0.3 is 5.73 Å².